The zero-order valence-electron chi connectivity index (χ0n) is 8.98. The Morgan fingerprint density at radius 2 is 2.07 bits per heavy atom. The lowest BCUT2D eigenvalue weighted by atomic mass is 10.0. The highest BCUT2D eigenvalue weighted by Crippen LogP contribution is 2.08. The van der Waals surface area contributed by atoms with Gasteiger partial charge in [-0.15, -0.1) is 0 Å². The molecule has 15 heavy (non-hydrogen) atoms. The van der Waals surface area contributed by atoms with Gasteiger partial charge in [-0.3, -0.25) is 4.79 Å². The number of benzene rings is 1. The highest BCUT2D eigenvalue weighted by molar-refractivity contribution is 7.98. The van der Waals surface area contributed by atoms with E-state index in [1.807, 2.05) is 36.6 Å². The number of nitrogens with two attached hydrogens (primary N) is 1. The van der Waals surface area contributed by atoms with Crippen LogP contribution in [0.2, 0.25) is 0 Å². The number of hydrogen-bond donors (Lipinski definition) is 1. The fraction of sp³-hybridized carbons (Fsp3) is 0.417. The van der Waals surface area contributed by atoms with Crippen LogP contribution < -0.4 is 5.73 Å². The molecule has 0 radical (unpaired) electrons. The van der Waals surface area contributed by atoms with Crippen molar-refractivity contribution in [3.63, 3.8) is 0 Å². The standard InChI is InChI=1S/C12H17NOS/c1-15-8-7-11(13)9-12(14)10-5-3-2-4-6-10/h2-6,11H,7-9,13H2,1H3/t11-/m1/s1. The van der Waals surface area contributed by atoms with Crippen LogP contribution in [0.15, 0.2) is 30.3 Å². The van der Waals surface area contributed by atoms with Crippen molar-refractivity contribution in [2.75, 3.05) is 12.0 Å². The van der Waals surface area contributed by atoms with Crippen LogP contribution in [-0.2, 0) is 0 Å². The third kappa shape index (κ3) is 4.49. The summed E-state index contributed by atoms with van der Waals surface area (Å²) >= 11 is 1.76. The van der Waals surface area contributed by atoms with Crippen molar-refractivity contribution in [3.05, 3.63) is 35.9 Å². The van der Waals surface area contributed by atoms with E-state index in [2.05, 4.69) is 0 Å². The first kappa shape index (κ1) is 12.3. The molecule has 2 nitrogen and oxygen atoms in total. The van der Waals surface area contributed by atoms with Gasteiger partial charge in [-0.25, -0.2) is 0 Å². The van der Waals surface area contributed by atoms with Gasteiger partial charge in [0.05, 0.1) is 0 Å². The third-order valence-electron chi connectivity index (χ3n) is 2.24. The van der Waals surface area contributed by atoms with Crippen LogP contribution >= 0.6 is 11.8 Å². The van der Waals surface area contributed by atoms with Crippen molar-refractivity contribution in [2.24, 2.45) is 5.73 Å². The summed E-state index contributed by atoms with van der Waals surface area (Å²) in [5.41, 5.74) is 6.63. The lowest BCUT2D eigenvalue weighted by Gasteiger charge is -2.09. The van der Waals surface area contributed by atoms with Gasteiger partial charge in [-0.2, -0.15) is 11.8 Å². The van der Waals surface area contributed by atoms with Gasteiger partial charge in [-0.1, -0.05) is 30.3 Å². The zero-order chi connectivity index (χ0) is 11.1. The second-order valence-electron chi connectivity index (χ2n) is 3.53. The highest BCUT2D eigenvalue weighted by atomic mass is 32.2. The van der Waals surface area contributed by atoms with Gasteiger partial charge >= 0.3 is 0 Å². The van der Waals surface area contributed by atoms with E-state index in [0.29, 0.717) is 6.42 Å². The molecule has 0 aliphatic heterocycles. The Kier molecular flexibility index (Phi) is 5.43. The molecule has 0 saturated heterocycles. The third-order valence-corrected chi connectivity index (χ3v) is 2.88. The second kappa shape index (κ2) is 6.64. The van der Waals surface area contributed by atoms with Crippen molar-refractivity contribution >= 4 is 17.5 Å². The molecule has 0 bridgehead atoms. The monoisotopic (exact) mass is 223 g/mol. The summed E-state index contributed by atoms with van der Waals surface area (Å²) in [5, 5.41) is 0. The van der Waals surface area contributed by atoms with Gasteiger partial charge in [0.2, 0.25) is 0 Å². The average Bonchev–Trinajstić information content (AvgIpc) is 2.27. The fourth-order valence-electron chi connectivity index (χ4n) is 1.35. The van der Waals surface area contributed by atoms with E-state index in [0.717, 1.165) is 17.7 Å². The van der Waals surface area contributed by atoms with Crippen LogP contribution in [0.25, 0.3) is 0 Å². The van der Waals surface area contributed by atoms with Crippen molar-refractivity contribution in [2.45, 2.75) is 18.9 Å². The van der Waals surface area contributed by atoms with Crippen LogP contribution in [0, 0.1) is 0 Å². The number of carbonyl (C=O) groups excluding carboxylic acids is 1. The number of Topliss-reactive ketones (excluding diaryl/α,β-unsaturated/α-hetero) is 1. The molecule has 82 valence electrons. The Morgan fingerprint density at radius 3 is 2.67 bits per heavy atom. The Bertz CT molecular complexity index is 300. The molecule has 2 N–H and O–H groups in total. The normalized spacial score (nSPS) is 12.4. The molecule has 1 aromatic rings. The topological polar surface area (TPSA) is 43.1 Å². The Morgan fingerprint density at radius 1 is 1.40 bits per heavy atom. The van der Waals surface area contributed by atoms with Gasteiger partial charge < -0.3 is 5.73 Å². The summed E-state index contributed by atoms with van der Waals surface area (Å²) in [5.74, 6) is 1.16. The molecule has 3 heteroatoms. The molecule has 0 spiro atoms. The van der Waals surface area contributed by atoms with Crippen molar-refractivity contribution in [1.29, 1.82) is 0 Å². The van der Waals surface area contributed by atoms with Crippen LogP contribution in [0.4, 0.5) is 0 Å². The number of hydrogen-bond acceptors (Lipinski definition) is 3. The van der Waals surface area contributed by atoms with Crippen LogP contribution in [0.3, 0.4) is 0 Å². The number of carbonyl (C=O) groups is 1. The number of thioether (sulfide) groups is 1. The summed E-state index contributed by atoms with van der Waals surface area (Å²) in [4.78, 5) is 11.7. The maximum atomic E-state index is 11.7. The van der Waals surface area contributed by atoms with Crippen molar-refractivity contribution in [1.82, 2.24) is 0 Å². The summed E-state index contributed by atoms with van der Waals surface area (Å²) < 4.78 is 0. The molecular formula is C12H17NOS. The molecule has 0 aliphatic rings. The second-order valence-corrected chi connectivity index (χ2v) is 4.52. The van der Waals surface area contributed by atoms with Crippen LogP contribution in [-0.4, -0.2) is 23.8 Å². The average molecular weight is 223 g/mol. The minimum atomic E-state index is -0.00911. The maximum Gasteiger partial charge on any atom is 0.164 e. The van der Waals surface area contributed by atoms with Gasteiger partial charge in [0.25, 0.3) is 0 Å². The molecule has 0 saturated carbocycles. The highest BCUT2D eigenvalue weighted by Gasteiger charge is 2.10. The summed E-state index contributed by atoms with van der Waals surface area (Å²) in [7, 11) is 0. The van der Waals surface area contributed by atoms with E-state index in [-0.39, 0.29) is 11.8 Å². The molecule has 1 aromatic carbocycles. The van der Waals surface area contributed by atoms with E-state index >= 15 is 0 Å². The molecule has 0 unspecified atom stereocenters. The first-order chi connectivity index (χ1) is 7.24. The lowest BCUT2D eigenvalue weighted by Crippen LogP contribution is -2.24. The first-order valence-electron chi connectivity index (χ1n) is 5.07. The maximum absolute atomic E-state index is 11.7. The largest absolute Gasteiger partial charge is 0.327 e. The number of rotatable bonds is 6. The Labute approximate surface area is 95.2 Å². The van der Waals surface area contributed by atoms with Crippen molar-refractivity contribution in [3.8, 4) is 0 Å². The predicted octanol–water partition coefficient (Wildman–Crippen LogP) is 2.34. The van der Waals surface area contributed by atoms with Crippen LogP contribution in [0.5, 0.6) is 0 Å². The summed E-state index contributed by atoms with van der Waals surface area (Å²) in [6, 6.07) is 9.32. The molecule has 0 heterocycles. The SMILES string of the molecule is CSCC[C@@H](N)CC(=O)c1ccccc1. The van der Waals surface area contributed by atoms with E-state index in [1.165, 1.54) is 0 Å². The lowest BCUT2D eigenvalue weighted by molar-refractivity contribution is 0.0974. The molecule has 0 amide bonds. The summed E-state index contributed by atoms with van der Waals surface area (Å²) in [6.07, 6.45) is 3.40. The van der Waals surface area contributed by atoms with Gasteiger partial charge in [0.1, 0.15) is 0 Å². The van der Waals surface area contributed by atoms with E-state index in [9.17, 15) is 4.79 Å². The minimum Gasteiger partial charge on any atom is -0.327 e. The van der Waals surface area contributed by atoms with E-state index in [1.54, 1.807) is 11.8 Å². The van der Waals surface area contributed by atoms with Gasteiger partial charge in [0.15, 0.2) is 5.78 Å². The first-order valence-corrected chi connectivity index (χ1v) is 6.46. The molecule has 0 fully saturated rings. The predicted molar refractivity (Wildman–Crippen MR) is 66.4 cm³/mol. The quantitative estimate of drug-likeness (QED) is 0.753. The van der Waals surface area contributed by atoms with E-state index < -0.39 is 0 Å². The minimum absolute atomic E-state index is 0.00911. The summed E-state index contributed by atoms with van der Waals surface area (Å²) in [6.45, 7) is 0. The zero-order valence-corrected chi connectivity index (χ0v) is 9.80. The Balaban J connectivity index is 2.42. The molecular weight excluding hydrogens is 206 g/mol. The van der Waals surface area contributed by atoms with Gasteiger partial charge in [-0.05, 0) is 18.4 Å². The fourth-order valence-corrected chi connectivity index (χ4v) is 1.89. The Hall–Kier alpha value is -0.800. The van der Waals surface area contributed by atoms with E-state index in [4.69, 9.17) is 5.73 Å². The molecule has 1 rings (SSSR count). The smallest absolute Gasteiger partial charge is 0.164 e. The van der Waals surface area contributed by atoms with Crippen molar-refractivity contribution < 1.29 is 4.79 Å². The number of ketones is 1. The van der Waals surface area contributed by atoms with Gasteiger partial charge in [0, 0.05) is 18.0 Å². The van der Waals surface area contributed by atoms with Crippen LogP contribution in [0.1, 0.15) is 23.2 Å². The molecule has 1 atom stereocenters. The molecule has 0 aliphatic carbocycles. The molecule has 0 aromatic heterocycles.